The largest absolute Gasteiger partial charge is 0.303 e. The van der Waals surface area contributed by atoms with Gasteiger partial charge in [-0.25, -0.2) is 0 Å². The summed E-state index contributed by atoms with van der Waals surface area (Å²) in [6, 6.07) is 20.1. The third-order valence-corrected chi connectivity index (χ3v) is 4.05. The molecule has 0 heterocycles. The number of rotatable bonds is 7. The first-order chi connectivity index (χ1) is 11.3. The molecule has 0 fully saturated rings. The van der Waals surface area contributed by atoms with E-state index in [1.807, 2.05) is 48.5 Å². The third kappa shape index (κ3) is 5.42. The van der Waals surface area contributed by atoms with Gasteiger partial charge in [-0.15, -0.1) is 0 Å². The minimum Gasteiger partial charge on any atom is -0.303 e. The molecule has 2 rings (SSSR count). The molecule has 0 spiro atoms. The lowest BCUT2D eigenvalue weighted by Crippen LogP contribution is -2.13. The van der Waals surface area contributed by atoms with Crippen molar-refractivity contribution in [1.29, 1.82) is 0 Å². The number of carbonyl (C=O) groups is 1. The van der Waals surface area contributed by atoms with Gasteiger partial charge in [0.1, 0.15) is 6.29 Å². The van der Waals surface area contributed by atoms with Crippen LogP contribution >= 0.6 is 0 Å². The van der Waals surface area contributed by atoms with Crippen LogP contribution in [-0.4, -0.2) is 6.29 Å². The highest BCUT2D eigenvalue weighted by Crippen LogP contribution is 2.27. The average Bonchev–Trinajstić information content (AvgIpc) is 2.62. The Bertz CT molecular complexity index is 634. The number of hydrogen-bond acceptors (Lipinski definition) is 1. The molecule has 0 aliphatic heterocycles. The molecule has 1 nitrogen and oxygen atoms in total. The average molecular weight is 304 g/mol. The van der Waals surface area contributed by atoms with Crippen molar-refractivity contribution >= 4 is 6.29 Å². The number of hydrogen-bond donors (Lipinski definition) is 0. The predicted octanol–water partition coefficient (Wildman–Crippen LogP) is 5.22. The van der Waals surface area contributed by atoms with Crippen LogP contribution in [0.25, 0.3) is 0 Å². The fourth-order valence-electron chi connectivity index (χ4n) is 2.72. The number of unbranched alkanes of at least 4 members (excludes halogenated alkanes) is 2. The van der Waals surface area contributed by atoms with Gasteiger partial charge in [0.2, 0.25) is 0 Å². The Balaban J connectivity index is 2.24. The van der Waals surface area contributed by atoms with Gasteiger partial charge in [-0.05, 0) is 24.1 Å². The van der Waals surface area contributed by atoms with Crippen LogP contribution in [0, 0.1) is 17.8 Å². The zero-order valence-corrected chi connectivity index (χ0v) is 13.7. The normalized spacial score (nSPS) is 12.7. The Kier molecular flexibility index (Phi) is 7.14. The molecule has 0 bridgehead atoms. The maximum Gasteiger partial charge on any atom is 0.124 e. The first kappa shape index (κ1) is 17.0. The molecule has 0 radical (unpaired) electrons. The first-order valence-electron chi connectivity index (χ1n) is 8.42. The van der Waals surface area contributed by atoms with E-state index in [0.717, 1.165) is 43.1 Å². The maximum absolute atomic E-state index is 11.7. The molecule has 0 saturated carbocycles. The van der Waals surface area contributed by atoms with Crippen LogP contribution in [0.3, 0.4) is 0 Å². The minimum atomic E-state index is -0.0415. The van der Waals surface area contributed by atoms with Crippen molar-refractivity contribution in [2.24, 2.45) is 5.92 Å². The van der Waals surface area contributed by atoms with Gasteiger partial charge in [-0.1, -0.05) is 86.6 Å². The van der Waals surface area contributed by atoms with E-state index < -0.39 is 0 Å². The summed E-state index contributed by atoms with van der Waals surface area (Å²) < 4.78 is 0. The van der Waals surface area contributed by atoms with E-state index in [9.17, 15) is 4.79 Å². The molecule has 0 N–H and O–H groups in total. The minimum absolute atomic E-state index is 0.0363. The molecule has 0 aliphatic rings. The van der Waals surface area contributed by atoms with Gasteiger partial charge in [0.25, 0.3) is 0 Å². The van der Waals surface area contributed by atoms with Gasteiger partial charge in [-0.3, -0.25) is 0 Å². The standard InChI is InChI=1S/C22H24O/c1-2-3-6-15-21(18-23)22(20-13-9-5-10-14-20)17-16-19-11-7-4-8-12-19/h4-5,7-14,18,21-22H,2-3,6,15H2,1H3. The highest BCUT2D eigenvalue weighted by atomic mass is 16.1. The molecule has 2 unspecified atom stereocenters. The van der Waals surface area contributed by atoms with Crippen molar-refractivity contribution in [2.75, 3.05) is 0 Å². The Morgan fingerprint density at radius 1 is 0.957 bits per heavy atom. The zero-order valence-electron chi connectivity index (χ0n) is 13.7. The van der Waals surface area contributed by atoms with Crippen molar-refractivity contribution in [2.45, 2.75) is 38.5 Å². The van der Waals surface area contributed by atoms with Crippen molar-refractivity contribution < 1.29 is 4.79 Å². The molecule has 1 heteroatoms. The molecule has 0 aromatic heterocycles. The van der Waals surface area contributed by atoms with E-state index in [1.54, 1.807) is 0 Å². The van der Waals surface area contributed by atoms with Crippen LogP contribution in [0.15, 0.2) is 60.7 Å². The van der Waals surface area contributed by atoms with Crippen molar-refractivity contribution in [3.63, 3.8) is 0 Å². The number of carbonyl (C=O) groups excluding carboxylic acids is 1. The van der Waals surface area contributed by atoms with Crippen LogP contribution in [0.4, 0.5) is 0 Å². The first-order valence-corrected chi connectivity index (χ1v) is 8.42. The van der Waals surface area contributed by atoms with Crippen molar-refractivity contribution in [1.82, 2.24) is 0 Å². The van der Waals surface area contributed by atoms with E-state index in [1.165, 1.54) is 0 Å². The van der Waals surface area contributed by atoms with Gasteiger partial charge < -0.3 is 4.79 Å². The molecular formula is C22H24O. The van der Waals surface area contributed by atoms with Gasteiger partial charge in [0, 0.05) is 11.5 Å². The van der Waals surface area contributed by atoms with Crippen LogP contribution in [0.1, 0.15) is 49.7 Å². The van der Waals surface area contributed by atoms with Gasteiger partial charge in [-0.2, -0.15) is 0 Å². The Labute approximate surface area is 139 Å². The fraction of sp³-hybridized carbons (Fsp3) is 0.318. The molecule has 0 saturated heterocycles. The van der Waals surface area contributed by atoms with Crippen molar-refractivity contribution in [3.8, 4) is 11.8 Å². The molecule has 0 amide bonds. The summed E-state index contributed by atoms with van der Waals surface area (Å²) in [5.41, 5.74) is 2.12. The Morgan fingerprint density at radius 3 is 2.22 bits per heavy atom. The van der Waals surface area contributed by atoms with Crippen LogP contribution < -0.4 is 0 Å². The summed E-state index contributed by atoms with van der Waals surface area (Å²) in [4.78, 5) is 11.7. The monoisotopic (exact) mass is 304 g/mol. The smallest absolute Gasteiger partial charge is 0.124 e. The summed E-state index contributed by atoms with van der Waals surface area (Å²) in [7, 11) is 0. The topological polar surface area (TPSA) is 17.1 Å². The summed E-state index contributed by atoms with van der Waals surface area (Å²) in [5.74, 6) is 6.51. The summed E-state index contributed by atoms with van der Waals surface area (Å²) in [5, 5.41) is 0. The fourth-order valence-corrected chi connectivity index (χ4v) is 2.72. The highest BCUT2D eigenvalue weighted by Gasteiger charge is 2.20. The van der Waals surface area contributed by atoms with Crippen LogP contribution in [-0.2, 0) is 4.79 Å². The summed E-state index contributed by atoms with van der Waals surface area (Å²) >= 11 is 0. The maximum atomic E-state index is 11.7. The van der Waals surface area contributed by atoms with Gasteiger partial charge >= 0.3 is 0 Å². The number of aldehydes is 1. The molecular weight excluding hydrogens is 280 g/mol. The van der Waals surface area contributed by atoms with E-state index in [-0.39, 0.29) is 11.8 Å². The summed E-state index contributed by atoms with van der Waals surface area (Å²) in [6.45, 7) is 2.18. The molecule has 2 aromatic rings. The highest BCUT2D eigenvalue weighted by molar-refractivity contribution is 5.58. The second-order valence-corrected chi connectivity index (χ2v) is 5.82. The zero-order chi connectivity index (χ0) is 16.3. The molecule has 23 heavy (non-hydrogen) atoms. The number of benzene rings is 2. The van der Waals surface area contributed by atoms with Gasteiger partial charge in [0.15, 0.2) is 0 Å². The Morgan fingerprint density at radius 2 is 1.61 bits per heavy atom. The summed E-state index contributed by atoms with van der Waals surface area (Å²) in [6.07, 6.45) is 5.40. The molecule has 2 aromatic carbocycles. The van der Waals surface area contributed by atoms with Gasteiger partial charge in [0.05, 0.1) is 5.92 Å². The third-order valence-electron chi connectivity index (χ3n) is 4.05. The van der Waals surface area contributed by atoms with Crippen LogP contribution in [0.5, 0.6) is 0 Å². The predicted molar refractivity (Wildman–Crippen MR) is 96.2 cm³/mol. The second kappa shape index (κ2) is 9.64. The molecule has 2 atom stereocenters. The van der Waals surface area contributed by atoms with E-state index in [2.05, 4.69) is 30.9 Å². The van der Waals surface area contributed by atoms with Crippen molar-refractivity contribution in [3.05, 3.63) is 71.8 Å². The van der Waals surface area contributed by atoms with E-state index in [4.69, 9.17) is 0 Å². The van der Waals surface area contributed by atoms with Crippen LogP contribution in [0.2, 0.25) is 0 Å². The SMILES string of the molecule is CCCCCC(C=O)C(C#Cc1ccccc1)c1ccccc1. The second-order valence-electron chi connectivity index (χ2n) is 5.82. The molecule has 0 aliphatic carbocycles. The lowest BCUT2D eigenvalue weighted by Gasteiger charge is -2.18. The Hall–Kier alpha value is -2.33. The lowest BCUT2D eigenvalue weighted by molar-refractivity contribution is -0.111. The quantitative estimate of drug-likeness (QED) is 0.389. The lowest BCUT2D eigenvalue weighted by atomic mass is 9.84. The van der Waals surface area contributed by atoms with E-state index in [0.29, 0.717) is 0 Å². The molecule has 118 valence electrons. The van der Waals surface area contributed by atoms with E-state index >= 15 is 0 Å².